The zero-order valence-electron chi connectivity index (χ0n) is 14.6. The van der Waals surface area contributed by atoms with Gasteiger partial charge in [-0.1, -0.05) is 18.2 Å². The number of esters is 2. The highest BCUT2D eigenvalue weighted by Gasteiger charge is 2.16. The summed E-state index contributed by atoms with van der Waals surface area (Å²) in [5.41, 5.74) is 6.34. The number of carbonyl (C=O) groups is 2. The Balaban J connectivity index is 1.90. The van der Waals surface area contributed by atoms with Gasteiger partial charge in [0.25, 0.3) is 0 Å². The van der Waals surface area contributed by atoms with E-state index in [4.69, 9.17) is 19.6 Å². The van der Waals surface area contributed by atoms with Crippen molar-refractivity contribution < 1.29 is 23.5 Å². The second-order valence-electron chi connectivity index (χ2n) is 5.84. The number of hydrogen-bond acceptors (Lipinski definition) is 7. The van der Waals surface area contributed by atoms with E-state index in [9.17, 15) is 14.4 Å². The summed E-state index contributed by atoms with van der Waals surface area (Å²) < 4.78 is 15.4. The number of benzene rings is 2. The second-order valence-corrected chi connectivity index (χ2v) is 5.84. The quantitative estimate of drug-likeness (QED) is 0.419. The standard InChI is InChI=1S/C20H17NO6/c1-12(22)25-11-14-5-6-18-15(7-14)9-17(20(24)27-18)19(23)26-16-4-2-3-13(8-16)10-21/h2-9H,10-11,21H2,1H3. The summed E-state index contributed by atoms with van der Waals surface area (Å²) in [5, 5.41) is 0.516. The molecular weight excluding hydrogens is 350 g/mol. The molecule has 0 atom stereocenters. The molecule has 7 heteroatoms. The van der Waals surface area contributed by atoms with Gasteiger partial charge in [-0.2, -0.15) is 0 Å². The molecule has 27 heavy (non-hydrogen) atoms. The Morgan fingerprint density at radius 3 is 2.63 bits per heavy atom. The largest absolute Gasteiger partial charge is 0.461 e. The van der Waals surface area contributed by atoms with Crippen molar-refractivity contribution in [3.8, 4) is 5.75 Å². The summed E-state index contributed by atoms with van der Waals surface area (Å²) in [5.74, 6) is -0.949. The predicted octanol–water partition coefficient (Wildman–Crippen LogP) is 2.53. The van der Waals surface area contributed by atoms with E-state index in [1.807, 2.05) is 0 Å². The molecule has 0 saturated heterocycles. The number of rotatable bonds is 5. The van der Waals surface area contributed by atoms with Crippen LogP contribution in [0.2, 0.25) is 0 Å². The van der Waals surface area contributed by atoms with Crippen molar-refractivity contribution in [1.29, 1.82) is 0 Å². The van der Waals surface area contributed by atoms with Crippen molar-refractivity contribution in [2.24, 2.45) is 5.73 Å². The van der Waals surface area contributed by atoms with Gasteiger partial charge in [-0.15, -0.1) is 0 Å². The van der Waals surface area contributed by atoms with Gasteiger partial charge < -0.3 is 19.6 Å². The van der Waals surface area contributed by atoms with Gasteiger partial charge in [-0.3, -0.25) is 4.79 Å². The van der Waals surface area contributed by atoms with Crippen LogP contribution in [0.3, 0.4) is 0 Å². The molecule has 1 heterocycles. The summed E-state index contributed by atoms with van der Waals surface area (Å²) in [6.07, 6.45) is 0. The molecule has 2 N–H and O–H groups in total. The SMILES string of the molecule is CC(=O)OCc1ccc2oc(=O)c(C(=O)Oc3cccc(CN)c3)cc2c1. The van der Waals surface area contributed by atoms with Gasteiger partial charge in [-0.05, 0) is 41.5 Å². The Kier molecular flexibility index (Phi) is 5.33. The normalized spacial score (nSPS) is 10.6. The summed E-state index contributed by atoms with van der Waals surface area (Å²) in [7, 11) is 0. The molecule has 7 nitrogen and oxygen atoms in total. The molecule has 0 aliphatic rings. The highest BCUT2D eigenvalue weighted by atomic mass is 16.5. The number of nitrogens with two attached hydrogens (primary N) is 1. The van der Waals surface area contributed by atoms with Gasteiger partial charge in [0.2, 0.25) is 0 Å². The zero-order valence-corrected chi connectivity index (χ0v) is 14.6. The van der Waals surface area contributed by atoms with Crippen LogP contribution in [0.5, 0.6) is 5.75 Å². The first-order chi connectivity index (χ1) is 13.0. The Morgan fingerprint density at radius 2 is 1.89 bits per heavy atom. The first-order valence-corrected chi connectivity index (χ1v) is 8.17. The summed E-state index contributed by atoms with van der Waals surface area (Å²) in [6, 6.07) is 13.0. The Hall–Kier alpha value is -3.45. The average Bonchev–Trinajstić information content (AvgIpc) is 2.65. The summed E-state index contributed by atoms with van der Waals surface area (Å²) in [4.78, 5) is 35.5. The molecule has 138 valence electrons. The Morgan fingerprint density at radius 1 is 1.07 bits per heavy atom. The molecule has 0 aliphatic carbocycles. The minimum atomic E-state index is -0.829. The van der Waals surface area contributed by atoms with Crippen molar-refractivity contribution in [2.45, 2.75) is 20.1 Å². The maximum absolute atomic E-state index is 12.4. The summed E-state index contributed by atoms with van der Waals surface area (Å²) >= 11 is 0. The van der Waals surface area contributed by atoms with E-state index in [2.05, 4.69) is 0 Å². The third-order valence-corrected chi connectivity index (χ3v) is 3.80. The minimum Gasteiger partial charge on any atom is -0.461 e. The highest BCUT2D eigenvalue weighted by Crippen LogP contribution is 2.19. The lowest BCUT2D eigenvalue weighted by Gasteiger charge is -2.07. The molecule has 0 amide bonds. The molecule has 0 spiro atoms. The molecule has 0 saturated carbocycles. The van der Waals surface area contributed by atoms with Crippen LogP contribution in [0.15, 0.2) is 57.7 Å². The minimum absolute atomic E-state index is 0.0794. The molecule has 0 radical (unpaired) electrons. The van der Waals surface area contributed by atoms with Crippen LogP contribution in [0.4, 0.5) is 0 Å². The van der Waals surface area contributed by atoms with Crippen LogP contribution in [0.25, 0.3) is 11.0 Å². The zero-order chi connectivity index (χ0) is 19.4. The van der Waals surface area contributed by atoms with E-state index in [1.165, 1.54) is 13.0 Å². The van der Waals surface area contributed by atoms with Crippen LogP contribution in [-0.2, 0) is 22.7 Å². The van der Waals surface area contributed by atoms with Gasteiger partial charge in [-0.25, -0.2) is 9.59 Å². The molecule has 3 rings (SSSR count). The van der Waals surface area contributed by atoms with Crippen LogP contribution >= 0.6 is 0 Å². The maximum atomic E-state index is 12.4. The van der Waals surface area contributed by atoms with E-state index in [-0.39, 0.29) is 17.9 Å². The van der Waals surface area contributed by atoms with E-state index in [1.54, 1.807) is 42.5 Å². The maximum Gasteiger partial charge on any atom is 0.351 e. The molecule has 0 bridgehead atoms. The fourth-order valence-electron chi connectivity index (χ4n) is 2.49. The Bertz CT molecular complexity index is 1070. The molecule has 0 unspecified atom stereocenters. The van der Waals surface area contributed by atoms with Crippen molar-refractivity contribution in [2.75, 3.05) is 0 Å². The molecule has 0 aliphatic heterocycles. The lowest BCUT2D eigenvalue weighted by Crippen LogP contribution is -2.18. The fraction of sp³-hybridized carbons (Fsp3) is 0.150. The van der Waals surface area contributed by atoms with Gasteiger partial charge in [0.05, 0.1) is 0 Å². The molecule has 3 aromatic rings. The van der Waals surface area contributed by atoms with E-state index in [0.717, 1.165) is 5.56 Å². The molecule has 0 fully saturated rings. The summed E-state index contributed by atoms with van der Waals surface area (Å²) in [6.45, 7) is 1.69. The van der Waals surface area contributed by atoms with Gasteiger partial charge in [0, 0.05) is 18.9 Å². The second kappa shape index (κ2) is 7.84. The molecule has 1 aromatic heterocycles. The highest BCUT2D eigenvalue weighted by molar-refractivity contribution is 5.94. The third-order valence-electron chi connectivity index (χ3n) is 3.80. The molecular formula is C20H17NO6. The number of fused-ring (bicyclic) bond motifs is 1. The van der Waals surface area contributed by atoms with Crippen LogP contribution in [-0.4, -0.2) is 11.9 Å². The number of ether oxygens (including phenoxy) is 2. The van der Waals surface area contributed by atoms with E-state index in [0.29, 0.717) is 23.1 Å². The first-order valence-electron chi connectivity index (χ1n) is 8.17. The third kappa shape index (κ3) is 4.39. The lowest BCUT2D eigenvalue weighted by molar-refractivity contribution is -0.142. The van der Waals surface area contributed by atoms with Crippen LogP contribution in [0.1, 0.15) is 28.4 Å². The van der Waals surface area contributed by atoms with Gasteiger partial charge >= 0.3 is 17.6 Å². The fourth-order valence-corrected chi connectivity index (χ4v) is 2.49. The molecule has 2 aromatic carbocycles. The first kappa shape index (κ1) is 18.3. The number of hydrogen-bond donors (Lipinski definition) is 1. The monoisotopic (exact) mass is 367 g/mol. The van der Waals surface area contributed by atoms with Crippen LogP contribution < -0.4 is 16.1 Å². The van der Waals surface area contributed by atoms with Crippen molar-refractivity contribution in [3.63, 3.8) is 0 Å². The smallest absolute Gasteiger partial charge is 0.351 e. The van der Waals surface area contributed by atoms with Crippen molar-refractivity contribution in [3.05, 3.63) is 75.6 Å². The lowest BCUT2D eigenvalue weighted by atomic mass is 10.1. The van der Waals surface area contributed by atoms with E-state index < -0.39 is 17.6 Å². The van der Waals surface area contributed by atoms with E-state index >= 15 is 0 Å². The number of carbonyl (C=O) groups excluding carboxylic acids is 2. The van der Waals surface area contributed by atoms with Gasteiger partial charge in [0.15, 0.2) is 0 Å². The van der Waals surface area contributed by atoms with Crippen LogP contribution in [0, 0.1) is 0 Å². The Labute approximate surface area is 154 Å². The van der Waals surface area contributed by atoms with Crippen molar-refractivity contribution in [1.82, 2.24) is 0 Å². The van der Waals surface area contributed by atoms with Gasteiger partial charge in [0.1, 0.15) is 23.5 Å². The predicted molar refractivity (Wildman–Crippen MR) is 97.2 cm³/mol. The topological polar surface area (TPSA) is 109 Å². The van der Waals surface area contributed by atoms with Crippen molar-refractivity contribution >= 4 is 22.9 Å². The average molecular weight is 367 g/mol.